The molecule has 27 heavy (non-hydrogen) atoms. The molecule has 0 aliphatic carbocycles. The maximum atomic E-state index is 12.1. The summed E-state index contributed by atoms with van der Waals surface area (Å²) in [6.45, 7) is 4.82. The van der Waals surface area contributed by atoms with E-state index in [4.69, 9.17) is 0 Å². The summed E-state index contributed by atoms with van der Waals surface area (Å²) in [4.78, 5) is 16.6. The summed E-state index contributed by atoms with van der Waals surface area (Å²) in [5, 5.41) is 8.93. The van der Waals surface area contributed by atoms with Crippen LogP contribution in [0.15, 0.2) is 34.4 Å². The lowest BCUT2D eigenvalue weighted by atomic mass is 10.1. The molecule has 0 aromatic heterocycles. The van der Waals surface area contributed by atoms with E-state index in [1.165, 1.54) is 0 Å². The first-order valence-corrected chi connectivity index (χ1v) is 11.7. The molecule has 1 amide bonds. The van der Waals surface area contributed by atoms with E-state index >= 15 is 0 Å². The van der Waals surface area contributed by atoms with Crippen molar-refractivity contribution in [1.82, 2.24) is 5.43 Å². The summed E-state index contributed by atoms with van der Waals surface area (Å²) < 4.78 is 22.9. The molecule has 1 aromatic rings. The van der Waals surface area contributed by atoms with Gasteiger partial charge < -0.3 is 5.32 Å². The molecule has 2 N–H and O–H groups in total. The second-order valence-corrected chi connectivity index (χ2v) is 10.3. The van der Waals surface area contributed by atoms with Crippen LogP contribution in [0.5, 0.6) is 0 Å². The third-order valence-electron chi connectivity index (χ3n) is 4.66. The summed E-state index contributed by atoms with van der Waals surface area (Å²) in [6, 6.07) is 7.74. The molecule has 0 saturated carbocycles. The third-order valence-corrected chi connectivity index (χ3v) is 7.70. The van der Waals surface area contributed by atoms with E-state index in [0.29, 0.717) is 17.4 Å². The number of hydrogen-bond acceptors (Lipinski definition) is 7. The Bertz CT molecular complexity index is 863. The van der Waals surface area contributed by atoms with E-state index < -0.39 is 15.8 Å². The number of aliphatic imine (C=N–C) groups is 1. The quantitative estimate of drug-likeness (QED) is 0.575. The third kappa shape index (κ3) is 5.32. The standard InChI is InChI=1S/C18H24N4O3S2/c1-3-16-10-19-18(26-16)20-15-6-4-13(5-7-15)12(2)21-22-17(23)14-8-9-27(24,25)11-14/h4-7,14,16H,3,8-11H2,1-2H3,(H,19,20)(H,22,23)/b21-12-/t14-,16-/m1/s1. The number of rotatable bonds is 5. The summed E-state index contributed by atoms with van der Waals surface area (Å²) in [7, 11) is -3.08. The predicted molar refractivity (Wildman–Crippen MR) is 111 cm³/mol. The van der Waals surface area contributed by atoms with Gasteiger partial charge in [0.1, 0.15) is 0 Å². The zero-order valence-corrected chi connectivity index (χ0v) is 17.1. The highest BCUT2D eigenvalue weighted by Gasteiger charge is 2.32. The monoisotopic (exact) mass is 408 g/mol. The van der Waals surface area contributed by atoms with Gasteiger partial charge in [0.05, 0.1) is 29.7 Å². The fourth-order valence-corrected chi connectivity index (χ4v) is 5.61. The minimum absolute atomic E-state index is 0.0742. The SMILES string of the molecule is CC[C@@H]1CN=C(Nc2ccc(/C(C)=N\NC(=O)[C@@H]3CCS(=O)(=O)C3)cc2)S1. The number of benzene rings is 1. The van der Waals surface area contributed by atoms with E-state index in [1.807, 2.05) is 24.3 Å². The van der Waals surface area contributed by atoms with Crippen LogP contribution in [0.1, 0.15) is 32.3 Å². The molecule has 0 bridgehead atoms. The average molecular weight is 409 g/mol. The number of thioether (sulfide) groups is 1. The number of sulfone groups is 1. The van der Waals surface area contributed by atoms with Gasteiger partial charge in [0.15, 0.2) is 15.0 Å². The van der Waals surface area contributed by atoms with Crippen LogP contribution in [0.2, 0.25) is 0 Å². The Hall–Kier alpha value is -1.87. The molecule has 3 rings (SSSR count). The molecule has 2 atom stereocenters. The van der Waals surface area contributed by atoms with E-state index in [0.717, 1.165) is 29.4 Å². The summed E-state index contributed by atoms with van der Waals surface area (Å²) in [5.41, 5.74) is 4.99. The normalized spacial score (nSPS) is 24.5. The van der Waals surface area contributed by atoms with Crippen molar-refractivity contribution in [3.63, 3.8) is 0 Å². The van der Waals surface area contributed by atoms with Gasteiger partial charge in [-0.25, -0.2) is 13.8 Å². The van der Waals surface area contributed by atoms with Crippen LogP contribution < -0.4 is 10.7 Å². The van der Waals surface area contributed by atoms with Gasteiger partial charge in [-0.15, -0.1) is 0 Å². The number of nitrogens with one attached hydrogen (secondary N) is 2. The second kappa shape index (κ2) is 8.43. The molecule has 1 saturated heterocycles. The first-order chi connectivity index (χ1) is 12.9. The molecule has 9 heteroatoms. The van der Waals surface area contributed by atoms with Crippen LogP contribution in [0.25, 0.3) is 0 Å². The Morgan fingerprint density at radius 2 is 2.07 bits per heavy atom. The van der Waals surface area contributed by atoms with Crippen molar-refractivity contribution in [2.24, 2.45) is 16.0 Å². The highest BCUT2D eigenvalue weighted by molar-refractivity contribution is 8.15. The summed E-state index contributed by atoms with van der Waals surface area (Å²) in [5.74, 6) is -0.857. The first kappa shape index (κ1) is 19.9. The van der Waals surface area contributed by atoms with Gasteiger partial charge >= 0.3 is 0 Å². The highest BCUT2D eigenvalue weighted by atomic mass is 32.2. The number of carbonyl (C=O) groups excluding carboxylic acids is 1. The maximum Gasteiger partial charge on any atom is 0.244 e. The van der Waals surface area contributed by atoms with Crippen LogP contribution in [0, 0.1) is 5.92 Å². The molecule has 2 heterocycles. The maximum absolute atomic E-state index is 12.1. The molecular formula is C18H24N4O3S2. The van der Waals surface area contributed by atoms with Gasteiger partial charge in [-0.1, -0.05) is 30.8 Å². The largest absolute Gasteiger partial charge is 0.335 e. The van der Waals surface area contributed by atoms with Crippen molar-refractivity contribution in [2.45, 2.75) is 31.9 Å². The lowest BCUT2D eigenvalue weighted by Crippen LogP contribution is -2.28. The van der Waals surface area contributed by atoms with Crippen LogP contribution in [-0.2, 0) is 14.6 Å². The lowest BCUT2D eigenvalue weighted by molar-refractivity contribution is -0.124. The minimum atomic E-state index is -3.08. The van der Waals surface area contributed by atoms with Gasteiger partial charge in [0, 0.05) is 10.9 Å². The molecule has 1 fully saturated rings. The van der Waals surface area contributed by atoms with Gasteiger partial charge in [-0.05, 0) is 37.5 Å². The fraction of sp³-hybridized carbons (Fsp3) is 0.500. The molecule has 1 aromatic carbocycles. The van der Waals surface area contributed by atoms with Gasteiger partial charge in [0.2, 0.25) is 5.91 Å². The molecule has 2 aliphatic heterocycles. The van der Waals surface area contributed by atoms with Crippen molar-refractivity contribution in [3.8, 4) is 0 Å². The zero-order valence-electron chi connectivity index (χ0n) is 15.4. The van der Waals surface area contributed by atoms with Crippen molar-refractivity contribution < 1.29 is 13.2 Å². The van der Waals surface area contributed by atoms with Gasteiger partial charge in [0.25, 0.3) is 0 Å². The molecule has 2 aliphatic rings. The van der Waals surface area contributed by atoms with Crippen LogP contribution in [0.3, 0.4) is 0 Å². The number of anilines is 1. The van der Waals surface area contributed by atoms with Crippen LogP contribution in [-0.4, -0.2) is 48.5 Å². The molecule has 7 nitrogen and oxygen atoms in total. The van der Waals surface area contributed by atoms with Crippen molar-refractivity contribution >= 4 is 44.1 Å². The van der Waals surface area contributed by atoms with Crippen molar-refractivity contribution in [3.05, 3.63) is 29.8 Å². The number of amidine groups is 1. The molecular weight excluding hydrogens is 384 g/mol. The Morgan fingerprint density at radius 3 is 2.67 bits per heavy atom. The van der Waals surface area contributed by atoms with Crippen molar-refractivity contribution in [1.29, 1.82) is 0 Å². The van der Waals surface area contributed by atoms with Gasteiger partial charge in [-0.2, -0.15) is 5.10 Å². The Labute approximate surface area is 164 Å². The number of amides is 1. The summed E-state index contributed by atoms with van der Waals surface area (Å²) >= 11 is 1.76. The zero-order chi connectivity index (χ0) is 19.4. The number of carbonyl (C=O) groups is 1. The highest BCUT2D eigenvalue weighted by Crippen LogP contribution is 2.24. The topological polar surface area (TPSA) is 100.0 Å². The average Bonchev–Trinajstić information content (AvgIpc) is 3.25. The van der Waals surface area contributed by atoms with E-state index in [9.17, 15) is 13.2 Å². The van der Waals surface area contributed by atoms with Crippen molar-refractivity contribution in [2.75, 3.05) is 23.4 Å². The summed E-state index contributed by atoms with van der Waals surface area (Å²) in [6.07, 6.45) is 1.47. The molecule has 0 spiro atoms. The number of hydrazone groups is 1. The Morgan fingerprint density at radius 1 is 1.33 bits per heavy atom. The van der Waals surface area contributed by atoms with E-state index in [1.54, 1.807) is 18.7 Å². The minimum Gasteiger partial charge on any atom is -0.335 e. The fourth-order valence-electron chi connectivity index (χ4n) is 2.91. The Kier molecular flexibility index (Phi) is 6.21. The van der Waals surface area contributed by atoms with Gasteiger partial charge in [-0.3, -0.25) is 9.79 Å². The van der Waals surface area contributed by atoms with E-state index in [-0.39, 0.29) is 17.4 Å². The molecule has 0 radical (unpaired) electrons. The van der Waals surface area contributed by atoms with Crippen LogP contribution >= 0.6 is 11.8 Å². The number of hydrogen-bond donors (Lipinski definition) is 2. The Balaban J connectivity index is 1.55. The first-order valence-electron chi connectivity index (χ1n) is 8.99. The van der Waals surface area contributed by atoms with E-state index in [2.05, 4.69) is 27.8 Å². The van der Waals surface area contributed by atoms with Crippen LogP contribution in [0.4, 0.5) is 5.69 Å². The molecule has 0 unspecified atom stereocenters. The molecule has 146 valence electrons. The lowest BCUT2D eigenvalue weighted by Gasteiger charge is -2.09. The predicted octanol–water partition coefficient (Wildman–Crippen LogP) is 2.25. The smallest absolute Gasteiger partial charge is 0.244 e. The number of nitrogens with zero attached hydrogens (tertiary/aromatic N) is 2. The second-order valence-electron chi connectivity index (χ2n) is 6.77.